The van der Waals surface area contributed by atoms with Gasteiger partial charge in [-0.3, -0.25) is 9.00 Å². The highest BCUT2D eigenvalue weighted by Crippen LogP contribution is 2.10. The molecule has 0 aromatic rings. The Morgan fingerprint density at radius 1 is 0.750 bits per heavy atom. The van der Waals surface area contributed by atoms with Crippen LogP contribution in [0.1, 0.15) is 96.3 Å². The number of carboxylic acids is 1. The van der Waals surface area contributed by atoms with Crippen LogP contribution in [0.15, 0.2) is 12.2 Å². The summed E-state index contributed by atoms with van der Waals surface area (Å²) in [5.74, 6) is 0.194. The second-order valence-corrected chi connectivity index (χ2v) is 8.27. The second-order valence-electron chi connectivity index (χ2n) is 6.71. The fraction of sp³-hybridized carbons (Fsp3) is 0.850. The van der Waals surface area contributed by atoms with Crippen molar-refractivity contribution in [3.05, 3.63) is 12.2 Å². The molecule has 0 saturated heterocycles. The molecule has 0 amide bonds. The minimum Gasteiger partial charge on any atom is -0.481 e. The van der Waals surface area contributed by atoms with Crippen molar-refractivity contribution in [2.24, 2.45) is 0 Å². The second kappa shape index (κ2) is 18.7. The van der Waals surface area contributed by atoms with E-state index in [0.717, 1.165) is 37.9 Å². The molecule has 0 aliphatic heterocycles. The molecule has 0 rings (SSSR count). The van der Waals surface area contributed by atoms with Crippen molar-refractivity contribution in [3.8, 4) is 0 Å². The first-order chi connectivity index (χ1) is 11.6. The molecule has 0 radical (unpaired) electrons. The summed E-state index contributed by atoms with van der Waals surface area (Å²) in [7, 11) is -0.614. The Kier molecular flexibility index (Phi) is 18.2. The topological polar surface area (TPSA) is 54.4 Å². The molecule has 0 aromatic heterocycles. The van der Waals surface area contributed by atoms with Gasteiger partial charge in [-0.15, -0.1) is 0 Å². The average molecular weight is 359 g/mol. The molecule has 0 heterocycles. The lowest BCUT2D eigenvalue weighted by atomic mass is 10.1. The zero-order valence-electron chi connectivity index (χ0n) is 15.6. The summed E-state index contributed by atoms with van der Waals surface area (Å²) in [4.78, 5) is 10.4. The summed E-state index contributed by atoms with van der Waals surface area (Å²) in [5, 5.41) is 8.54. The van der Waals surface area contributed by atoms with Crippen LogP contribution in [0.5, 0.6) is 0 Å². The minimum atomic E-state index is -0.674. The van der Waals surface area contributed by atoms with Gasteiger partial charge in [0.2, 0.25) is 0 Å². The highest BCUT2D eigenvalue weighted by molar-refractivity contribution is 7.84. The molecule has 1 unspecified atom stereocenters. The highest BCUT2D eigenvalue weighted by Gasteiger charge is 1.96. The van der Waals surface area contributed by atoms with Gasteiger partial charge < -0.3 is 5.11 Å². The lowest BCUT2D eigenvalue weighted by Gasteiger charge is -2.00. The smallest absolute Gasteiger partial charge is 0.303 e. The van der Waals surface area contributed by atoms with Crippen LogP contribution in [0, 0.1) is 0 Å². The lowest BCUT2D eigenvalue weighted by molar-refractivity contribution is -0.137. The van der Waals surface area contributed by atoms with Gasteiger partial charge in [0.1, 0.15) is 0 Å². The van der Waals surface area contributed by atoms with Crippen molar-refractivity contribution in [1.82, 2.24) is 0 Å². The summed E-state index contributed by atoms with van der Waals surface area (Å²) in [6.07, 6.45) is 23.5. The molecule has 24 heavy (non-hydrogen) atoms. The maximum atomic E-state index is 10.9. The summed E-state index contributed by atoms with van der Waals surface area (Å²) < 4.78 is 10.9. The zero-order valence-corrected chi connectivity index (χ0v) is 16.5. The molecule has 0 aliphatic rings. The molecular weight excluding hydrogens is 320 g/mol. The molecule has 3 nitrogen and oxygen atoms in total. The molecule has 0 aliphatic carbocycles. The van der Waals surface area contributed by atoms with E-state index in [-0.39, 0.29) is 0 Å². The van der Waals surface area contributed by atoms with Crippen LogP contribution >= 0.6 is 0 Å². The normalized spacial score (nSPS) is 12.7. The molecule has 142 valence electrons. The van der Waals surface area contributed by atoms with Gasteiger partial charge in [0.05, 0.1) is 0 Å². The van der Waals surface area contributed by atoms with Crippen LogP contribution in [0.25, 0.3) is 0 Å². The van der Waals surface area contributed by atoms with Crippen molar-refractivity contribution in [3.63, 3.8) is 0 Å². The minimum absolute atomic E-state index is 0.319. The Morgan fingerprint density at radius 2 is 1.17 bits per heavy atom. The van der Waals surface area contributed by atoms with E-state index >= 15 is 0 Å². The Balaban J connectivity index is 3.11. The van der Waals surface area contributed by atoms with E-state index in [0.29, 0.717) is 6.42 Å². The van der Waals surface area contributed by atoms with Gasteiger partial charge in [0.15, 0.2) is 0 Å². The fourth-order valence-corrected chi connectivity index (χ4v) is 3.37. The van der Waals surface area contributed by atoms with Gasteiger partial charge >= 0.3 is 5.97 Å². The first-order valence-corrected chi connectivity index (χ1v) is 11.5. The number of hydrogen-bond donors (Lipinski definition) is 1. The van der Waals surface area contributed by atoms with E-state index in [1.54, 1.807) is 6.26 Å². The zero-order chi connectivity index (χ0) is 17.9. The molecule has 0 saturated carbocycles. The summed E-state index contributed by atoms with van der Waals surface area (Å²) >= 11 is 0. The first kappa shape index (κ1) is 23.4. The largest absolute Gasteiger partial charge is 0.481 e. The summed E-state index contributed by atoms with van der Waals surface area (Å²) in [5.41, 5.74) is 0. The summed E-state index contributed by atoms with van der Waals surface area (Å²) in [6.45, 7) is 0. The van der Waals surface area contributed by atoms with E-state index in [4.69, 9.17) is 5.11 Å². The average Bonchev–Trinajstić information content (AvgIpc) is 2.53. The Morgan fingerprint density at radius 3 is 1.62 bits per heavy atom. The SMILES string of the molecule is CS(=O)CCCCCCCCCC=CCCCCCCCC(=O)O. The number of carboxylic acid groups (broad SMARTS) is 1. The molecule has 1 N–H and O–H groups in total. The molecule has 4 heteroatoms. The Labute approximate surface area is 151 Å². The van der Waals surface area contributed by atoms with E-state index in [1.165, 1.54) is 57.8 Å². The number of unbranched alkanes of at least 4 members (excludes halogenated alkanes) is 12. The molecule has 1 atom stereocenters. The van der Waals surface area contributed by atoms with Crippen molar-refractivity contribution in [2.75, 3.05) is 12.0 Å². The van der Waals surface area contributed by atoms with Gasteiger partial charge in [0, 0.05) is 29.2 Å². The fourth-order valence-electron chi connectivity index (χ4n) is 2.76. The van der Waals surface area contributed by atoms with Crippen molar-refractivity contribution >= 4 is 16.8 Å². The Bertz CT molecular complexity index is 340. The number of hydrogen-bond acceptors (Lipinski definition) is 2. The van der Waals surface area contributed by atoms with Gasteiger partial charge in [0.25, 0.3) is 0 Å². The standard InChI is InChI=1S/C20H38O3S/c1-24(23)19-17-15-13-11-9-7-5-3-2-4-6-8-10-12-14-16-18-20(21)22/h2,4H,3,5-19H2,1H3,(H,21,22). The number of allylic oxidation sites excluding steroid dienone is 2. The Hall–Kier alpha value is -0.640. The number of carbonyl (C=O) groups is 1. The monoisotopic (exact) mass is 358 g/mol. The third kappa shape index (κ3) is 21.4. The van der Waals surface area contributed by atoms with Crippen molar-refractivity contribution < 1.29 is 14.1 Å². The molecule has 0 spiro atoms. The van der Waals surface area contributed by atoms with Crippen LogP contribution in [0.2, 0.25) is 0 Å². The maximum absolute atomic E-state index is 10.9. The number of rotatable bonds is 18. The summed E-state index contributed by atoms with van der Waals surface area (Å²) in [6, 6.07) is 0. The quantitative estimate of drug-likeness (QED) is 0.247. The predicted octanol–water partition coefficient (Wildman–Crippen LogP) is 5.86. The van der Waals surface area contributed by atoms with Crippen LogP contribution < -0.4 is 0 Å². The van der Waals surface area contributed by atoms with Crippen LogP contribution in [-0.4, -0.2) is 27.3 Å². The highest BCUT2D eigenvalue weighted by atomic mass is 32.2. The maximum Gasteiger partial charge on any atom is 0.303 e. The molecular formula is C20H38O3S. The van der Waals surface area contributed by atoms with E-state index < -0.39 is 16.8 Å². The number of aliphatic carboxylic acids is 1. The third-order valence-electron chi connectivity index (χ3n) is 4.23. The molecule has 0 bridgehead atoms. The van der Waals surface area contributed by atoms with E-state index in [1.807, 2.05) is 0 Å². The van der Waals surface area contributed by atoms with Gasteiger partial charge in [-0.1, -0.05) is 63.5 Å². The van der Waals surface area contributed by atoms with E-state index in [2.05, 4.69) is 12.2 Å². The lowest BCUT2D eigenvalue weighted by Crippen LogP contribution is -1.93. The molecule has 0 aromatic carbocycles. The van der Waals surface area contributed by atoms with Crippen LogP contribution in [0.3, 0.4) is 0 Å². The van der Waals surface area contributed by atoms with Crippen molar-refractivity contribution in [2.45, 2.75) is 96.3 Å². The third-order valence-corrected chi connectivity index (χ3v) is 5.09. The van der Waals surface area contributed by atoms with Crippen molar-refractivity contribution in [1.29, 1.82) is 0 Å². The van der Waals surface area contributed by atoms with Gasteiger partial charge in [-0.25, -0.2) is 0 Å². The van der Waals surface area contributed by atoms with Gasteiger partial charge in [-0.2, -0.15) is 0 Å². The molecule has 0 fully saturated rings. The van der Waals surface area contributed by atoms with Gasteiger partial charge in [-0.05, 0) is 38.5 Å². The predicted molar refractivity (Wildman–Crippen MR) is 105 cm³/mol. The van der Waals surface area contributed by atoms with Crippen LogP contribution in [0.4, 0.5) is 0 Å². The van der Waals surface area contributed by atoms with Crippen LogP contribution in [-0.2, 0) is 15.6 Å². The van der Waals surface area contributed by atoms with E-state index in [9.17, 15) is 9.00 Å². The first-order valence-electron chi connectivity index (χ1n) is 9.79.